The topological polar surface area (TPSA) is 77.2 Å². The Bertz CT molecular complexity index is 1270. The molecule has 2 aromatic carbocycles. The highest BCUT2D eigenvalue weighted by Gasteiger charge is 2.38. The number of aliphatic imine (C=N–C) groups is 1. The quantitative estimate of drug-likeness (QED) is 0.474. The van der Waals surface area contributed by atoms with Gasteiger partial charge in [0.25, 0.3) is 10.0 Å². The fourth-order valence-corrected chi connectivity index (χ4v) is 4.87. The summed E-state index contributed by atoms with van der Waals surface area (Å²) in [6, 6.07) is 21.6. The number of benzene rings is 2. The van der Waals surface area contributed by atoms with Crippen molar-refractivity contribution in [3.05, 3.63) is 90.3 Å². The first kappa shape index (κ1) is 17.8. The average molecular weight is 402 g/mol. The van der Waals surface area contributed by atoms with Gasteiger partial charge in [-0.15, -0.1) is 4.09 Å². The van der Waals surface area contributed by atoms with E-state index in [2.05, 4.69) is 10.1 Å². The van der Waals surface area contributed by atoms with Crippen molar-refractivity contribution in [3.8, 4) is 0 Å². The van der Waals surface area contributed by atoms with Crippen LogP contribution in [0.15, 0.2) is 84.1 Å². The summed E-state index contributed by atoms with van der Waals surface area (Å²) in [5, 5.41) is 4.39. The minimum absolute atomic E-state index is 0.318. The minimum Gasteiger partial charge on any atom is -0.247 e. The molecular formula is C22H18N4O2S. The van der Waals surface area contributed by atoms with Crippen LogP contribution in [0.25, 0.3) is 11.0 Å². The maximum Gasteiger partial charge on any atom is 0.258 e. The Morgan fingerprint density at radius 3 is 2.14 bits per heavy atom. The molecule has 7 heteroatoms. The number of fused-ring (bicyclic) bond motifs is 1. The van der Waals surface area contributed by atoms with E-state index >= 15 is 0 Å². The van der Waals surface area contributed by atoms with Gasteiger partial charge in [0.15, 0.2) is 5.65 Å². The third-order valence-corrected chi connectivity index (χ3v) is 7.00. The smallest absolute Gasteiger partial charge is 0.247 e. The molecule has 5 rings (SSSR count). The summed E-state index contributed by atoms with van der Waals surface area (Å²) in [5.74, 6) is 0. The molecule has 0 aliphatic heterocycles. The lowest BCUT2D eigenvalue weighted by Gasteiger charge is -2.08. The van der Waals surface area contributed by atoms with Crippen LogP contribution in [-0.2, 0) is 10.0 Å². The van der Waals surface area contributed by atoms with Gasteiger partial charge in [0.2, 0.25) is 0 Å². The molecule has 1 fully saturated rings. The molecule has 0 N–H and O–H groups in total. The van der Waals surface area contributed by atoms with Crippen LogP contribution >= 0.6 is 0 Å². The van der Waals surface area contributed by atoms with E-state index in [1.807, 2.05) is 60.7 Å². The fourth-order valence-electron chi connectivity index (χ4n) is 3.29. The maximum atomic E-state index is 12.7. The van der Waals surface area contributed by atoms with E-state index in [0.29, 0.717) is 29.6 Å². The molecule has 0 radical (unpaired) electrons. The van der Waals surface area contributed by atoms with Gasteiger partial charge in [-0.1, -0.05) is 60.7 Å². The van der Waals surface area contributed by atoms with E-state index in [0.717, 1.165) is 20.9 Å². The molecule has 2 aromatic heterocycles. The van der Waals surface area contributed by atoms with Gasteiger partial charge in [-0.2, -0.15) is 5.10 Å². The van der Waals surface area contributed by atoms with E-state index in [-0.39, 0.29) is 5.25 Å². The fraction of sp³-hybridized carbons (Fsp3) is 0.136. The minimum atomic E-state index is -3.50. The Morgan fingerprint density at radius 2 is 1.55 bits per heavy atom. The Labute approximate surface area is 168 Å². The molecule has 0 atom stereocenters. The van der Waals surface area contributed by atoms with Gasteiger partial charge in [0, 0.05) is 17.3 Å². The Hall–Kier alpha value is -3.32. The van der Waals surface area contributed by atoms with Gasteiger partial charge in [-0.3, -0.25) is 0 Å². The lowest BCUT2D eigenvalue weighted by Crippen LogP contribution is -2.18. The zero-order valence-corrected chi connectivity index (χ0v) is 16.3. The second kappa shape index (κ2) is 6.93. The van der Waals surface area contributed by atoms with Crippen LogP contribution in [0.1, 0.15) is 24.0 Å². The summed E-state index contributed by atoms with van der Waals surface area (Å²) in [6.45, 7) is 0. The molecule has 0 bridgehead atoms. The highest BCUT2D eigenvalue weighted by atomic mass is 32.2. The second-order valence-electron chi connectivity index (χ2n) is 6.99. The third kappa shape index (κ3) is 3.23. The van der Waals surface area contributed by atoms with Crippen molar-refractivity contribution in [2.24, 2.45) is 4.99 Å². The third-order valence-electron chi connectivity index (χ3n) is 4.93. The standard InChI is InChI=1S/C22H18N4O2S/c27-29(28,18-11-12-18)26-22-19(15-24-26)20(13-14-23-22)25-21(16-7-3-1-4-8-16)17-9-5-2-6-10-17/h1-10,13-15,18H,11-12H2. The van der Waals surface area contributed by atoms with Crippen molar-refractivity contribution in [2.45, 2.75) is 18.1 Å². The molecule has 0 saturated heterocycles. The lowest BCUT2D eigenvalue weighted by atomic mass is 10.0. The zero-order chi connectivity index (χ0) is 19.8. The molecule has 4 aromatic rings. The number of hydrogen-bond acceptors (Lipinski definition) is 5. The van der Waals surface area contributed by atoms with Gasteiger partial charge >= 0.3 is 0 Å². The molecular weight excluding hydrogens is 384 g/mol. The highest BCUT2D eigenvalue weighted by molar-refractivity contribution is 7.90. The summed E-state index contributed by atoms with van der Waals surface area (Å²) in [4.78, 5) is 9.19. The average Bonchev–Trinajstić information content (AvgIpc) is 3.53. The van der Waals surface area contributed by atoms with Crippen molar-refractivity contribution in [1.82, 2.24) is 14.2 Å². The summed E-state index contributed by atoms with van der Waals surface area (Å²) in [7, 11) is -3.50. The summed E-state index contributed by atoms with van der Waals surface area (Å²) >= 11 is 0. The van der Waals surface area contributed by atoms with Crippen LogP contribution in [0.2, 0.25) is 0 Å². The summed E-state index contributed by atoms with van der Waals surface area (Å²) in [5.41, 5.74) is 3.70. The summed E-state index contributed by atoms with van der Waals surface area (Å²) in [6.07, 6.45) is 4.46. The molecule has 1 aliphatic carbocycles. The molecule has 29 heavy (non-hydrogen) atoms. The normalized spacial score (nSPS) is 14.1. The molecule has 6 nitrogen and oxygen atoms in total. The lowest BCUT2D eigenvalue weighted by molar-refractivity contribution is 0.580. The Morgan fingerprint density at radius 1 is 0.931 bits per heavy atom. The van der Waals surface area contributed by atoms with E-state index in [4.69, 9.17) is 4.99 Å². The number of hydrogen-bond donors (Lipinski definition) is 0. The number of aromatic nitrogens is 3. The van der Waals surface area contributed by atoms with Gasteiger partial charge in [0.1, 0.15) is 0 Å². The second-order valence-corrected chi connectivity index (χ2v) is 9.03. The predicted octanol–water partition coefficient (Wildman–Crippen LogP) is 3.94. The van der Waals surface area contributed by atoms with Crippen molar-refractivity contribution in [1.29, 1.82) is 0 Å². The van der Waals surface area contributed by atoms with Crippen LogP contribution in [-0.4, -0.2) is 33.5 Å². The van der Waals surface area contributed by atoms with Crippen molar-refractivity contribution in [3.63, 3.8) is 0 Å². The zero-order valence-electron chi connectivity index (χ0n) is 15.5. The van der Waals surface area contributed by atoms with Gasteiger partial charge in [-0.25, -0.2) is 18.4 Å². The SMILES string of the molecule is O=S(=O)(C1CC1)n1ncc2c(N=C(c3ccccc3)c3ccccc3)ccnc21. The first-order valence-electron chi connectivity index (χ1n) is 9.41. The Kier molecular flexibility index (Phi) is 4.24. The van der Waals surface area contributed by atoms with E-state index in [1.165, 1.54) is 6.20 Å². The summed E-state index contributed by atoms with van der Waals surface area (Å²) < 4.78 is 26.4. The molecule has 0 unspecified atom stereocenters. The van der Waals surface area contributed by atoms with Crippen molar-refractivity contribution >= 4 is 32.5 Å². The number of nitrogens with zero attached hydrogens (tertiary/aromatic N) is 4. The van der Waals surface area contributed by atoms with Gasteiger partial charge in [0.05, 0.1) is 28.2 Å². The molecule has 1 aliphatic rings. The molecule has 0 amide bonds. The largest absolute Gasteiger partial charge is 0.258 e. The molecule has 144 valence electrons. The van der Waals surface area contributed by atoms with E-state index in [9.17, 15) is 8.42 Å². The van der Waals surface area contributed by atoms with Gasteiger partial charge < -0.3 is 0 Å². The number of rotatable bonds is 5. The molecule has 2 heterocycles. The van der Waals surface area contributed by atoms with E-state index in [1.54, 1.807) is 12.3 Å². The van der Waals surface area contributed by atoms with E-state index < -0.39 is 10.0 Å². The highest BCUT2D eigenvalue weighted by Crippen LogP contribution is 2.33. The first-order chi connectivity index (χ1) is 14.1. The van der Waals surface area contributed by atoms with Crippen LogP contribution in [0.3, 0.4) is 0 Å². The van der Waals surface area contributed by atoms with Crippen LogP contribution in [0, 0.1) is 0 Å². The van der Waals surface area contributed by atoms with Crippen LogP contribution in [0.4, 0.5) is 5.69 Å². The van der Waals surface area contributed by atoms with Crippen molar-refractivity contribution in [2.75, 3.05) is 0 Å². The maximum absolute atomic E-state index is 12.7. The Balaban J connectivity index is 1.69. The van der Waals surface area contributed by atoms with Crippen molar-refractivity contribution < 1.29 is 8.42 Å². The number of pyridine rings is 1. The first-order valence-corrected chi connectivity index (χ1v) is 10.9. The van der Waals surface area contributed by atoms with Crippen LogP contribution in [0.5, 0.6) is 0 Å². The van der Waals surface area contributed by atoms with Crippen LogP contribution < -0.4 is 0 Å². The predicted molar refractivity (Wildman–Crippen MR) is 113 cm³/mol. The van der Waals surface area contributed by atoms with Gasteiger partial charge in [-0.05, 0) is 18.9 Å². The molecule has 1 saturated carbocycles. The molecule has 0 spiro atoms. The monoisotopic (exact) mass is 402 g/mol.